The van der Waals surface area contributed by atoms with Gasteiger partial charge >= 0.3 is 18.8 Å². The van der Waals surface area contributed by atoms with Gasteiger partial charge in [0.25, 0.3) is 0 Å². The highest BCUT2D eigenvalue weighted by Gasteiger charge is 2.25. The Labute approximate surface area is 66.3 Å². The first-order chi connectivity index (χ1) is 4.95. The van der Waals surface area contributed by atoms with Crippen LogP contribution < -0.4 is 0 Å². The molecule has 0 radical (unpaired) electrons. The van der Waals surface area contributed by atoms with Crippen LogP contribution in [0.2, 0.25) is 0 Å². The quantitative estimate of drug-likeness (QED) is 0.500. The highest BCUT2D eigenvalue weighted by Crippen LogP contribution is 2.09. The minimum Gasteiger partial charge on any atom is -0.424 e. The molecule has 0 saturated carbocycles. The van der Waals surface area contributed by atoms with E-state index in [4.69, 9.17) is 11.6 Å². The molecule has 0 aromatic rings. The molecule has 6 heteroatoms. The second-order valence-corrected chi connectivity index (χ2v) is 2.39. The van der Waals surface area contributed by atoms with Crippen molar-refractivity contribution in [2.75, 3.05) is 0 Å². The van der Waals surface area contributed by atoms with Crippen molar-refractivity contribution < 1.29 is 22.7 Å². The predicted molar refractivity (Wildman–Crippen MR) is 32.3 cm³/mol. The average molecular weight is 191 g/mol. The maximum Gasteiger partial charge on any atom is 0.326 e. The molecule has 0 aliphatic heterocycles. The van der Waals surface area contributed by atoms with Gasteiger partial charge in [0.15, 0.2) is 0 Å². The van der Waals surface area contributed by atoms with Gasteiger partial charge in [-0.05, 0) is 6.92 Å². The zero-order valence-corrected chi connectivity index (χ0v) is 6.32. The number of carbonyl (C=O) groups is 1. The third-order valence-corrected chi connectivity index (χ3v) is 0.930. The van der Waals surface area contributed by atoms with Gasteiger partial charge in [-0.25, -0.2) is 8.78 Å². The lowest BCUT2D eigenvalue weighted by molar-refractivity contribution is -0.173. The first-order valence-electron chi connectivity index (χ1n) is 2.72. The van der Waals surface area contributed by atoms with E-state index in [0.29, 0.717) is 0 Å². The largest absolute Gasteiger partial charge is 0.424 e. The van der Waals surface area contributed by atoms with Crippen LogP contribution in [0.15, 0.2) is 0 Å². The number of hydrogen-bond acceptors (Lipinski definition) is 2. The van der Waals surface area contributed by atoms with E-state index in [1.165, 1.54) is 6.92 Å². The smallest absolute Gasteiger partial charge is 0.326 e. The molecule has 11 heavy (non-hydrogen) atoms. The lowest BCUT2D eigenvalue weighted by Gasteiger charge is -2.08. The molecule has 0 aliphatic rings. The molecule has 0 amide bonds. The van der Waals surface area contributed by atoms with Crippen LogP contribution in [-0.4, -0.2) is 24.1 Å². The van der Waals surface area contributed by atoms with E-state index in [9.17, 15) is 18.0 Å². The summed E-state index contributed by atoms with van der Waals surface area (Å²) >= 11 is 5.09. The first-order valence-corrected chi connectivity index (χ1v) is 3.15. The second kappa shape index (κ2) is 4.43. The lowest BCUT2D eigenvalue weighted by atomic mass is 10.5. The van der Waals surface area contributed by atoms with Crippen molar-refractivity contribution in [3.63, 3.8) is 0 Å². The van der Waals surface area contributed by atoms with E-state index in [0.717, 1.165) is 0 Å². The number of hydrogen-bond donors (Lipinski definition) is 0. The van der Waals surface area contributed by atoms with Gasteiger partial charge in [-0.3, -0.25) is 4.79 Å². The molecule has 0 spiro atoms. The zero-order chi connectivity index (χ0) is 9.02. The summed E-state index contributed by atoms with van der Waals surface area (Å²) in [5, 5.41) is -1.12. The van der Waals surface area contributed by atoms with Crippen LogP contribution in [0.3, 0.4) is 0 Å². The third-order valence-electron chi connectivity index (χ3n) is 0.752. The van der Waals surface area contributed by atoms with Gasteiger partial charge in [-0.2, -0.15) is 4.39 Å². The normalized spacial score (nSPS) is 16.2. The van der Waals surface area contributed by atoms with E-state index >= 15 is 0 Å². The van der Waals surface area contributed by atoms with Gasteiger partial charge in [-0.1, -0.05) is 0 Å². The fraction of sp³-hybridized carbons (Fsp3) is 0.800. The second-order valence-electron chi connectivity index (χ2n) is 1.74. The molecule has 0 rings (SSSR count). The van der Waals surface area contributed by atoms with Crippen LogP contribution in [0.5, 0.6) is 0 Å². The molecule has 0 aliphatic carbocycles. The van der Waals surface area contributed by atoms with Crippen LogP contribution in [0.1, 0.15) is 6.92 Å². The summed E-state index contributed by atoms with van der Waals surface area (Å²) in [5.41, 5.74) is 0. The maximum absolute atomic E-state index is 11.9. The summed E-state index contributed by atoms with van der Waals surface area (Å²) in [5.74, 6) is -1.19. The number of halogens is 4. The topological polar surface area (TPSA) is 26.3 Å². The van der Waals surface area contributed by atoms with Crippen molar-refractivity contribution in [2.24, 2.45) is 0 Å². The Kier molecular flexibility index (Phi) is 4.25. The minimum atomic E-state index is -3.32. The van der Waals surface area contributed by atoms with Gasteiger partial charge in [0, 0.05) is 0 Å². The highest BCUT2D eigenvalue weighted by atomic mass is 35.5. The van der Waals surface area contributed by atoms with Gasteiger partial charge in [-0.15, -0.1) is 11.6 Å². The fourth-order valence-corrected chi connectivity index (χ4v) is 0.308. The Morgan fingerprint density at radius 1 is 1.45 bits per heavy atom. The van der Waals surface area contributed by atoms with Crippen molar-refractivity contribution >= 4 is 17.6 Å². The minimum absolute atomic E-state index is 1.12. The maximum atomic E-state index is 11.9. The summed E-state index contributed by atoms with van der Waals surface area (Å²) in [6, 6.07) is 0. The van der Waals surface area contributed by atoms with Crippen molar-refractivity contribution in [1.82, 2.24) is 0 Å². The Balaban J connectivity index is 3.76. The van der Waals surface area contributed by atoms with Crippen molar-refractivity contribution in [3.8, 4) is 0 Å². The third kappa shape index (κ3) is 4.08. The molecule has 0 fully saturated rings. The highest BCUT2D eigenvalue weighted by molar-refractivity contribution is 6.29. The van der Waals surface area contributed by atoms with E-state index < -0.39 is 24.1 Å². The molecular formula is C5H6ClF3O2. The van der Waals surface area contributed by atoms with E-state index in [1.807, 2.05) is 0 Å². The molecule has 0 heterocycles. The Morgan fingerprint density at radius 2 is 1.91 bits per heavy atom. The van der Waals surface area contributed by atoms with Crippen molar-refractivity contribution in [2.45, 2.75) is 25.1 Å². The number of rotatable bonds is 3. The summed E-state index contributed by atoms with van der Waals surface area (Å²) in [6.45, 7) is 1.20. The van der Waals surface area contributed by atoms with E-state index in [-0.39, 0.29) is 0 Å². The predicted octanol–water partition coefficient (Wildman–Crippen LogP) is 1.72. The lowest BCUT2D eigenvalue weighted by Crippen LogP contribution is -2.24. The molecule has 2 unspecified atom stereocenters. The first kappa shape index (κ1) is 10.6. The van der Waals surface area contributed by atoms with Gasteiger partial charge in [0.1, 0.15) is 5.38 Å². The Bertz CT molecular complexity index is 140. The number of alkyl halides is 4. The van der Waals surface area contributed by atoms with E-state index in [1.54, 1.807) is 0 Å². The molecule has 2 atom stereocenters. The monoisotopic (exact) mass is 190 g/mol. The summed E-state index contributed by atoms with van der Waals surface area (Å²) < 4.78 is 38.2. The number of esters is 1. The van der Waals surface area contributed by atoms with Crippen LogP contribution in [0.25, 0.3) is 0 Å². The number of carbonyl (C=O) groups excluding carboxylic acids is 1. The standard InChI is InChI=1S/C5H6ClF3O2/c1-2(6)5(10)11-4(9)3(7)8/h2-4H,1H3. The van der Waals surface area contributed by atoms with E-state index in [2.05, 4.69) is 4.74 Å². The molecule has 0 bridgehead atoms. The van der Waals surface area contributed by atoms with Crippen LogP contribution in [0, 0.1) is 0 Å². The summed E-state index contributed by atoms with van der Waals surface area (Å²) in [6.07, 6.45) is -6.21. The zero-order valence-electron chi connectivity index (χ0n) is 5.56. The summed E-state index contributed by atoms with van der Waals surface area (Å²) in [7, 11) is 0. The molecule has 0 aromatic carbocycles. The van der Waals surface area contributed by atoms with Gasteiger partial charge < -0.3 is 4.74 Å². The average Bonchev–Trinajstić information content (AvgIpc) is 1.87. The molecule has 0 N–H and O–H groups in total. The fourth-order valence-electron chi connectivity index (χ4n) is 0.256. The molecule has 66 valence electrons. The molecular weight excluding hydrogens is 184 g/mol. The molecule has 0 saturated heterocycles. The number of ether oxygens (including phenoxy) is 1. The summed E-state index contributed by atoms with van der Waals surface area (Å²) in [4.78, 5) is 10.3. The van der Waals surface area contributed by atoms with Gasteiger partial charge in [0.05, 0.1) is 0 Å². The SMILES string of the molecule is CC(Cl)C(=O)OC(F)C(F)F. The van der Waals surface area contributed by atoms with Crippen LogP contribution in [-0.2, 0) is 9.53 Å². The Hall–Kier alpha value is -0.450. The van der Waals surface area contributed by atoms with Crippen LogP contribution in [0.4, 0.5) is 13.2 Å². The van der Waals surface area contributed by atoms with Crippen LogP contribution >= 0.6 is 11.6 Å². The van der Waals surface area contributed by atoms with Crippen molar-refractivity contribution in [3.05, 3.63) is 0 Å². The van der Waals surface area contributed by atoms with Crippen molar-refractivity contribution in [1.29, 1.82) is 0 Å². The molecule has 0 aromatic heterocycles. The van der Waals surface area contributed by atoms with Gasteiger partial charge in [0.2, 0.25) is 0 Å². The Morgan fingerprint density at radius 3 is 2.18 bits per heavy atom. The molecule has 2 nitrogen and oxygen atoms in total.